The highest BCUT2D eigenvalue weighted by molar-refractivity contribution is 6.17. The van der Waals surface area contributed by atoms with E-state index in [0.717, 1.165) is 31.0 Å². The topological polar surface area (TPSA) is 29.3 Å². The molecule has 2 rings (SSSR count). The Balaban J connectivity index is 2.06. The number of hydrogen-bond donors (Lipinski definition) is 1. The van der Waals surface area contributed by atoms with E-state index in [-0.39, 0.29) is 0 Å². The molecular formula is C18H23ClN2. The lowest BCUT2D eigenvalue weighted by atomic mass is 10.1. The van der Waals surface area contributed by atoms with Crippen molar-refractivity contribution in [3.05, 3.63) is 54.6 Å². The summed E-state index contributed by atoms with van der Waals surface area (Å²) in [5, 5.41) is 0. The number of unbranched alkanes of at least 4 members (excludes halogenated alkanes) is 3. The van der Waals surface area contributed by atoms with Crippen LogP contribution in [0.25, 0.3) is 0 Å². The Labute approximate surface area is 132 Å². The Morgan fingerprint density at radius 1 is 0.762 bits per heavy atom. The molecule has 2 nitrogen and oxygen atoms in total. The van der Waals surface area contributed by atoms with Crippen molar-refractivity contribution in [3.8, 4) is 0 Å². The molecule has 0 heterocycles. The molecule has 0 radical (unpaired) electrons. The first kappa shape index (κ1) is 15.7. The summed E-state index contributed by atoms with van der Waals surface area (Å²) in [6, 6.07) is 18.6. The van der Waals surface area contributed by atoms with Gasteiger partial charge in [0.05, 0.1) is 0 Å². The van der Waals surface area contributed by atoms with Crippen LogP contribution in [-0.2, 0) is 0 Å². The lowest BCUT2D eigenvalue weighted by Crippen LogP contribution is -2.18. The van der Waals surface area contributed by atoms with Crippen LogP contribution < -0.4 is 10.6 Å². The van der Waals surface area contributed by atoms with Crippen molar-refractivity contribution in [2.24, 2.45) is 0 Å². The first-order valence-electron chi connectivity index (χ1n) is 7.55. The van der Waals surface area contributed by atoms with Crippen LogP contribution in [0.15, 0.2) is 54.6 Å². The van der Waals surface area contributed by atoms with Gasteiger partial charge in [0.25, 0.3) is 0 Å². The van der Waals surface area contributed by atoms with Gasteiger partial charge in [0.15, 0.2) is 0 Å². The average Bonchev–Trinajstić information content (AvgIpc) is 2.53. The highest BCUT2D eigenvalue weighted by Gasteiger charge is 2.08. The molecule has 0 aliphatic heterocycles. The third kappa shape index (κ3) is 4.98. The quantitative estimate of drug-likeness (QED) is 0.412. The number of para-hydroxylation sites is 1. The predicted octanol–water partition coefficient (Wildman–Crippen LogP) is 5.21. The van der Waals surface area contributed by atoms with Gasteiger partial charge in [-0.15, -0.1) is 11.6 Å². The molecule has 0 unspecified atom stereocenters. The molecule has 0 saturated heterocycles. The summed E-state index contributed by atoms with van der Waals surface area (Å²) in [6.07, 6.45) is 4.68. The van der Waals surface area contributed by atoms with Gasteiger partial charge < -0.3 is 10.6 Å². The number of anilines is 3. The number of nitrogen functional groups attached to an aromatic ring is 1. The van der Waals surface area contributed by atoms with Crippen molar-refractivity contribution < 1.29 is 0 Å². The van der Waals surface area contributed by atoms with Gasteiger partial charge in [0, 0.05) is 29.5 Å². The van der Waals surface area contributed by atoms with E-state index in [1.807, 2.05) is 18.2 Å². The number of hydrogen-bond acceptors (Lipinski definition) is 2. The zero-order valence-electron chi connectivity index (χ0n) is 12.3. The fraction of sp³-hybridized carbons (Fsp3) is 0.333. The van der Waals surface area contributed by atoms with Crippen LogP contribution in [0, 0.1) is 0 Å². The third-order valence-electron chi connectivity index (χ3n) is 3.54. The minimum absolute atomic E-state index is 0.764. The highest BCUT2D eigenvalue weighted by Crippen LogP contribution is 2.26. The Kier molecular flexibility index (Phi) is 6.42. The van der Waals surface area contributed by atoms with Crippen molar-refractivity contribution in [1.82, 2.24) is 0 Å². The number of halogens is 1. The summed E-state index contributed by atoms with van der Waals surface area (Å²) >= 11 is 5.73. The molecule has 0 bridgehead atoms. The van der Waals surface area contributed by atoms with Crippen LogP contribution in [0.3, 0.4) is 0 Å². The second-order valence-electron chi connectivity index (χ2n) is 5.18. The van der Waals surface area contributed by atoms with E-state index in [9.17, 15) is 0 Å². The maximum atomic E-state index is 5.79. The molecule has 2 aromatic rings. The van der Waals surface area contributed by atoms with Crippen LogP contribution in [0.5, 0.6) is 0 Å². The fourth-order valence-electron chi connectivity index (χ4n) is 2.39. The van der Waals surface area contributed by atoms with Gasteiger partial charge in [-0.2, -0.15) is 0 Å². The number of rotatable bonds is 8. The number of alkyl halides is 1. The van der Waals surface area contributed by atoms with E-state index in [4.69, 9.17) is 17.3 Å². The summed E-state index contributed by atoms with van der Waals surface area (Å²) < 4.78 is 0. The predicted molar refractivity (Wildman–Crippen MR) is 93.5 cm³/mol. The van der Waals surface area contributed by atoms with E-state index in [2.05, 4.69) is 41.3 Å². The van der Waals surface area contributed by atoms with Crippen LogP contribution in [0.4, 0.5) is 17.1 Å². The standard InChI is InChI=1S/C18H23ClN2/c19-14-6-1-2-7-15-21(17-8-4-3-5-9-17)18-12-10-16(20)11-13-18/h3-5,8-13H,1-2,6-7,14-15,20H2. The van der Waals surface area contributed by atoms with E-state index in [1.54, 1.807) is 0 Å². The Morgan fingerprint density at radius 2 is 1.38 bits per heavy atom. The molecule has 0 atom stereocenters. The summed E-state index contributed by atoms with van der Waals surface area (Å²) in [5.41, 5.74) is 9.00. The van der Waals surface area contributed by atoms with Gasteiger partial charge in [-0.1, -0.05) is 31.0 Å². The normalized spacial score (nSPS) is 10.5. The van der Waals surface area contributed by atoms with Crippen molar-refractivity contribution in [3.63, 3.8) is 0 Å². The second-order valence-corrected chi connectivity index (χ2v) is 5.56. The summed E-state index contributed by atoms with van der Waals surface area (Å²) in [7, 11) is 0. The molecule has 2 N–H and O–H groups in total. The van der Waals surface area contributed by atoms with Gasteiger partial charge in [-0.3, -0.25) is 0 Å². The molecular weight excluding hydrogens is 280 g/mol. The Hall–Kier alpha value is -1.67. The van der Waals surface area contributed by atoms with Gasteiger partial charge in [-0.05, 0) is 49.2 Å². The van der Waals surface area contributed by atoms with Crippen LogP contribution in [0.1, 0.15) is 25.7 Å². The van der Waals surface area contributed by atoms with E-state index < -0.39 is 0 Å². The second kappa shape index (κ2) is 8.58. The fourth-order valence-corrected chi connectivity index (χ4v) is 2.58. The SMILES string of the molecule is Nc1ccc(N(CCCCCCCl)c2ccccc2)cc1. The van der Waals surface area contributed by atoms with Crippen LogP contribution >= 0.6 is 11.6 Å². The van der Waals surface area contributed by atoms with Gasteiger partial charge >= 0.3 is 0 Å². The van der Waals surface area contributed by atoms with Gasteiger partial charge in [-0.25, -0.2) is 0 Å². The van der Waals surface area contributed by atoms with Gasteiger partial charge in [0.2, 0.25) is 0 Å². The summed E-state index contributed by atoms with van der Waals surface area (Å²) in [5.74, 6) is 0.764. The highest BCUT2D eigenvalue weighted by atomic mass is 35.5. The number of benzene rings is 2. The van der Waals surface area contributed by atoms with E-state index >= 15 is 0 Å². The largest absolute Gasteiger partial charge is 0.399 e. The first-order valence-corrected chi connectivity index (χ1v) is 8.09. The molecule has 3 heteroatoms. The van der Waals surface area contributed by atoms with Gasteiger partial charge in [0.1, 0.15) is 0 Å². The van der Waals surface area contributed by atoms with E-state index in [0.29, 0.717) is 0 Å². The number of nitrogens with two attached hydrogens (primary N) is 1. The molecule has 0 spiro atoms. The van der Waals surface area contributed by atoms with Crippen molar-refractivity contribution in [2.45, 2.75) is 25.7 Å². The van der Waals surface area contributed by atoms with E-state index in [1.165, 1.54) is 24.2 Å². The van der Waals surface area contributed by atoms with Crippen molar-refractivity contribution >= 4 is 28.7 Å². The van der Waals surface area contributed by atoms with Crippen molar-refractivity contribution in [2.75, 3.05) is 23.1 Å². The smallest absolute Gasteiger partial charge is 0.0412 e. The molecule has 0 aromatic heterocycles. The molecule has 112 valence electrons. The minimum atomic E-state index is 0.764. The molecule has 0 fully saturated rings. The number of nitrogens with zero attached hydrogens (tertiary/aromatic N) is 1. The molecule has 21 heavy (non-hydrogen) atoms. The Morgan fingerprint density at radius 3 is 2.05 bits per heavy atom. The summed E-state index contributed by atoms with van der Waals surface area (Å²) in [6.45, 7) is 1.01. The van der Waals surface area contributed by atoms with Crippen molar-refractivity contribution in [1.29, 1.82) is 0 Å². The molecule has 0 saturated carbocycles. The first-order chi connectivity index (χ1) is 10.3. The summed E-state index contributed by atoms with van der Waals surface area (Å²) in [4.78, 5) is 2.35. The molecule has 0 aliphatic rings. The maximum Gasteiger partial charge on any atom is 0.0412 e. The lowest BCUT2D eigenvalue weighted by molar-refractivity contribution is 0.670. The lowest BCUT2D eigenvalue weighted by Gasteiger charge is -2.25. The van der Waals surface area contributed by atoms with Crippen LogP contribution in [-0.4, -0.2) is 12.4 Å². The minimum Gasteiger partial charge on any atom is -0.399 e. The zero-order valence-corrected chi connectivity index (χ0v) is 13.1. The molecule has 0 aliphatic carbocycles. The maximum absolute atomic E-state index is 5.79. The van der Waals surface area contributed by atoms with Crippen LogP contribution in [0.2, 0.25) is 0 Å². The molecule has 0 amide bonds. The third-order valence-corrected chi connectivity index (χ3v) is 3.81. The monoisotopic (exact) mass is 302 g/mol. The zero-order chi connectivity index (χ0) is 14.9. The average molecular weight is 303 g/mol. The Bertz CT molecular complexity index is 511. The molecule has 2 aromatic carbocycles.